The maximum atomic E-state index is 5.09. The number of thiophene rings is 1. The second kappa shape index (κ2) is 8.11. The molecule has 0 aliphatic carbocycles. The lowest BCUT2D eigenvalue weighted by Gasteiger charge is -2.12. The van der Waals surface area contributed by atoms with Gasteiger partial charge in [-0.2, -0.15) is 0 Å². The minimum atomic E-state index is 0.768. The van der Waals surface area contributed by atoms with Crippen molar-refractivity contribution in [3.05, 3.63) is 107 Å². The third-order valence-corrected chi connectivity index (χ3v) is 7.31. The van der Waals surface area contributed by atoms with E-state index in [-0.39, 0.29) is 0 Å². The Morgan fingerprint density at radius 2 is 1.28 bits per heavy atom. The van der Waals surface area contributed by atoms with Crippen molar-refractivity contribution in [3.8, 4) is 33.8 Å². The highest BCUT2D eigenvalue weighted by Gasteiger charge is 2.16. The quantitative estimate of drug-likeness (QED) is 0.166. The van der Waals surface area contributed by atoms with Gasteiger partial charge in [0.05, 0.1) is 5.69 Å². The standard InChI is InChI=1S/C28H17IN2S/c29-26-17-23(20-12-5-4-11-19(20)18-9-2-1-3-10-18)30-28(31-26)22-14-8-16-25-27(22)21-13-6-7-15-24(21)32-25/h1-17H. The Morgan fingerprint density at radius 1 is 0.594 bits per heavy atom. The monoisotopic (exact) mass is 540 g/mol. The van der Waals surface area contributed by atoms with Crippen LogP contribution in [0.5, 0.6) is 0 Å². The van der Waals surface area contributed by atoms with Crippen LogP contribution in [0.25, 0.3) is 53.9 Å². The molecule has 2 heterocycles. The fraction of sp³-hybridized carbons (Fsp3) is 0. The molecule has 0 bridgehead atoms. The summed E-state index contributed by atoms with van der Waals surface area (Å²) < 4.78 is 3.48. The van der Waals surface area contributed by atoms with Crippen LogP contribution in [0, 0.1) is 3.70 Å². The maximum Gasteiger partial charge on any atom is 0.161 e. The zero-order valence-corrected chi connectivity index (χ0v) is 20.0. The second-order valence-electron chi connectivity index (χ2n) is 7.59. The Hall–Kier alpha value is -3.09. The van der Waals surface area contributed by atoms with Crippen LogP contribution in [0.1, 0.15) is 0 Å². The normalized spacial score (nSPS) is 11.3. The minimum absolute atomic E-state index is 0.768. The highest BCUT2D eigenvalue weighted by atomic mass is 127. The van der Waals surface area contributed by atoms with Crippen molar-refractivity contribution in [1.82, 2.24) is 9.97 Å². The van der Waals surface area contributed by atoms with E-state index >= 15 is 0 Å². The van der Waals surface area contributed by atoms with Crippen LogP contribution in [0.4, 0.5) is 0 Å². The van der Waals surface area contributed by atoms with E-state index in [2.05, 4.69) is 120 Å². The molecule has 6 rings (SSSR count). The van der Waals surface area contributed by atoms with Crippen molar-refractivity contribution in [2.75, 3.05) is 0 Å². The molecular weight excluding hydrogens is 523 g/mol. The van der Waals surface area contributed by atoms with Gasteiger partial charge in [-0.25, -0.2) is 9.97 Å². The molecule has 2 aromatic heterocycles. The molecule has 0 aliphatic heterocycles. The van der Waals surface area contributed by atoms with Gasteiger partial charge in [0.25, 0.3) is 0 Å². The molecule has 0 fully saturated rings. The van der Waals surface area contributed by atoms with Crippen LogP contribution in [0.15, 0.2) is 103 Å². The molecule has 32 heavy (non-hydrogen) atoms. The molecule has 0 radical (unpaired) electrons. The van der Waals surface area contributed by atoms with Crippen LogP contribution in [0.3, 0.4) is 0 Å². The number of fused-ring (bicyclic) bond motifs is 3. The predicted molar refractivity (Wildman–Crippen MR) is 144 cm³/mol. The third-order valence-electron chi connectivity index (χ3n) is 5.63. The van der Waals surface area contributed by atoms with Crippen molar-refractivity contribution in [3.63, 3.8) is 0 Å². The molecule has 0 saturated carbocycles. The fourth-order valence-corrected chi connectivity index (χ4v) is 5.87. The molecule has 2 nitrogen and oxygen atoms in total. The van der Waals surface area contributed by atoms with Crippen LogP contribution in [-0.4, -0.2) is 9.97 Å². The van der Waals surface area contributed by atoms with Crippen molar-refractivity contribution < 1.29 is 0 Å². The molecule has 0 spiro atoms. The van der Waals surface area contributed by atoms with Gasteiger partial charge in [0.1, 0.15) is 3.70 Å². The van der Waals surface area contributed by atoms with Crippen molar-refractivity contribution >= 4 is 54.1 Å². The summed E-state index contributed by atoms with van der Waals surface area (Å²) in [5.41, 5.74) is 5.49. The molecule has 0 aliphatic rings. The molecule has 0 amide bonds. The van der Waals surface area contributed by atoms with Gasteiger partial charge in [-0.15, -0.1) is 11.3 Å². The zero-order valence-electron chi connectivity index (χ0n) is 17.0. The van der Waals surface area contributed by atoms with E-state index in [0.717, 1.165) is 26.3 Å². The SMILES string of the molecule is Ic1cc(-c2ccccc2-c2ccccc2)nc(-c2cccc3sc4ccccc4c23)n1. The Balaban J connectivity index is 1.59. The summed E-state index contributed by atoms with van der Waals surface area (Å²) in [5.74, 6) is 0.768. The molecule has 4 aromatic carbocycles. The number of rotatable bonds is 3. The first-order chi connectivity index (χ1) is 15.8. The van der Waals surface area contributed by atoms with Crippen LogP contribution in [-0.2, 0) is 0 Å². The highest BCUT2D eigenvalue weighted by Crippen LogP contribution is 2.40. The van der Waals surface area contributed by atoms with Crippen LogP contribution >= 0.6 is 33.9 Å². The average molecular weight is 540 g/mol. The molecular formula is C28H17IN2S. The van der Waals surface area contributed by atoms with Gasteiger partial charge in [-0.05, 0) is 51.9 Å². The molecule has 0 N–H and O–H groups in total. The van der Waals surface area contributed by atoms with Crippen LogP contribution < -0.4 is 0 Å². The number of hydrogen-bond donors (Lipinski definition) is 0. The van der Waals surface area contributed by atoms with Crippen molar-refractivity contribution in [2.24, 2.45) is 0 Å². The second-order valence-corrected chi connectivity index (χ2v) is 9.78. The molecule has 152 valence electrons. The summed E-state index contributed by atoms with van der Waals surface area (Å²) in [5, 5.41) is 2.49. The zero-order chi connectivity index (χ0) is 21.5. The van der Waals surface area contributed by atoms with Gasteiger partial charge in [0, 0.05) is 31.3 Å². The summed E-state index contributed by atoms with van der Waals surface area (Å²) in [6.45, 7) is 0. The Morgan fingerprint density at radius 3 is 2.16 bits per heavy atom. The van der Waals surface area contributed by atoms with E-state index in [4.69, 9.17) is 9.97 Å². The molecule has 6 aromatic rings. The number of hydrogen-bond acceptors (Lipinski definition) is 3. The Kier molecular flexibility index (Phi) is 4.97. The Labute approximate surface area is 203 Å². The van der Waals surface area contributed by atoms with Gasteiger partial charge < -0.3 is 0 Å². The van der Waals surface area contributed by atoms with Gasteiger partial charge in [-0.3, -0.25) is 0 Å². The first kappa shape index (κ1) is 19.6. The van der Waals surface area contributed by atoms with E-state index in [9.17, 15) is 0 Å². The molecule has 0 saturated heterocycles. The van der Waals surface area contributed by atoms with Gasteiger partial charge in [0.2, 0.25) is 0 Å². The molecule has 0 atom stereocenters. The van der Waals surface area contributed by atoms with Gasteiger partial charge in [0.15, 0.2) is 5.82 Å². The largest absolute Gasteiger partial charge is 0.228 e. The number of halogens is 1. The first-order valence-electron chi connectivity index (χ1n) is 10.4. The lowest BCUT2D eigenvalue weighted by atomic mass is 9.97. The summed E-state index contributed by atoms with van der Waals surface area (Å²) >= 11 is 4.12. The predicted octanol–water partition coefficient (Wildman–Crippen LogP) is 8.45. The molecule has 4 heteroatoms. The lowest BCUT2D eigenvalue weighted by molar-refractivity contribution is 1.15. The summed E-state index contributed by atoms with van der Waals surface area (Å²) in [7, 11) is 0. The first-order valence-corrected chi connectivity index (χ1v) is 12.3. The Bertz CT molecular complexity index is 1590. The number of aromatic nitrogens is 2. The minimum Gasteiger partial charge on any atom is -0.228 e. The van der Waals surface area contributed by atoms with E-state index < -0.39 is 0 Å². The number of benzene rings is 4. The summed E-state index contributed by atoms with van der Waals surface area (Å²) in [6, 6.07) is 36.0. The fourth-order valence-electron chi connectivity index (χ4n) is 4.21. The topological polar surface area (TPSA) is 25.8 Å². The van der Waals surface area contributed by atoms with Crippen molar-refractivity contribution in [1.29, 1.82) is 0 Å². The number of nitrogens with zero attached hydrogens (tertiary/aromatic N) is 2. The lowest BCUT2D eigenvalue weighted by Crippen LogP contribution is -1.96. The summed E-state index contributed by atoms with van der Waals surface area (Å²) in [6.07, 6.45) is 0. The van der Waals surface area contributed by atoms with Crippen molar-refractivity contribution in [2.45, 2.75) is 0 Å². The van der Waals surface area contributed by atoms with E-state index in [1.807, 2.05) is 17.4 Å². The highest BCUT2D eigenvalue weighted by molar-refractivity contribution is 14.1. The summed E-state index contributed by atoms with van der Waals surface area (Å²) in [4.78, 5) is 9.93. The third kappa shape index (κ3) is 3.40. The molecule has 0 unspecified atom stereocenters. The van der Waals surface area contributed by atoms with Crippen LogP contribution in [0.2, 0.25) is 0 Å². The van der Waals surface area contributed by atoms with E-state index in [0.29, 0.717) is 0 Å². The smallest absolute Gasteiger partial charge is 0.161 e. The maximum absolute atomic E-state index is 5.09. The van der Waals surface area contributed by atoms with E-state index in [1.165, 1.54) is 31.3 Å². The van der Waals surface area contributed by atoms with E-state index in [1.54, 1.807) is 0 Å². The van der Waals surface area contributed by atoms with Gasteiger partial charge >= 0.3 is 0 Å². The van der Waals surface area contributed by atoms with Gasteiger partial charge in [-0.1, -0.05) is 84.9 Å². The average Bonchev–Trinajstić information content (AvgIpc) is 3.23.